The highest BCUT2D eigenvalue weighted by molar-refractivity contribution is 5.63. The second-order valence-electron chi connectivity index (χ2n) is 6.52. The van der Waals surface area contributed by atoms with Crippen LogP contribution in [0.25, 0.3) is 6.08 Å². The Morgan fingerprint density at radius 1 is 1.12 bits per heavy atom. The van der Waals surface area contributed by atoms with Crippen molar-refractivity contribution in [3.63, 3.8) is 0 Å². The number of rotatable bonds is 5. The van der Waals surface area contributed by atoms with Gasteiger partial charge < -0.3 is 4.90 Å². The highest BCUT2D eigenvalue weighted by Gasteiger charge is 2.24. The molecule has 0 amide bonds. The van der Waals surface area contributed by atoms with Gasteiger partial charge in [-0.15, -0.1) is 0 Å². The number of pyridine rings is 1. The van der Waals surface area contributed by atoms with Crippen LogP contribution in [-0.2, 0) is 6.54 Å². The summed E-state index contributed by atoms with van der Waals surface area (Å²) in [5.74, 6) is 1.09. The van der Waals surface area contributed by atoms with Crippen LogP contribution in [0.15, 0.2) is 54.7 Å². The first-order valence-corrected chi connectivity index (χ1v) is 8.84. The van der Waals surface area contributed by atoms with Gasteiger partial charge in [0.25, 0.3) is 0 Å². The maximum Gasteiger partial charge on any atom is 0.135 e. The standard InChI is InChI=1S/C21H27N3/c1-3-8-19-11-7-14-22-21(19)23(2)20-12-15-24(16-13-20)17-18-9-5-4-6-10-18/h3-11,14,20H,12-13,15-17H2,1-2H3/b8-3+. The zero-order valence-corrected chi connectivity index (χ0v) is 14.7. The predicted octanol–water partition coefficient (Wildman–Crippen LogP) is 4.22. The van der Waals surface area contributed by atoms with Crippen molar-refractivity contribution >= 4 is 11.9 Å². The molecule has 0 aliphatic carbocycles. The number of piperidine rings is 1. The van der Waals surface area contributed by atoms with E-state index in [2.05, 4.69) is 77.3 Å². The lowest BCUT2D eigenvalue weighted by Crippen LogP contribution is -2.43. The van der Waals surface area contributed by atoms with Crippen LogP contribution in [0.2, 0.25) is 0 Å². The fourth-order valence-electron chi connectivity index (χ4n) is 3.49. The average molecular weight is 321 g/mol. The van der Waals surface area contributed by atoms with E-state index in [4.69, 9.17) is 0 Å². The minimum atomic E-state index is 0.566. The molecule has 1 fully saturated rings. The molecule has 0 spiro atoms. The summed E-state index contributed by atoms with van der Waals surface area (Å²) in [4.78, 5) is 9.55. The lowest BCUT2D eigenvalue weighted by atomic mass is 10.0. The molecule has 0 radical (unpaired) electrons. The minimum absolute atomic E-state index is 0.566. The molecule has 24 heavy (non-hydrogen) atoms. The fourth-order valence-corrected chi connectivity index (χ4v) is 3.49. The number of hydrogen-bond acceptors (Lipinski definition) is 3. The Morgan fingerprint density at radius 3 is 2.58 bits per heavy atom. The molecule has 1 aliphatic heterocycles. The number of aromatic nitrogens is 1. The Bertz CT molecular complexity index is 658. The molecule has 0 atom stereocenters. The van der Waals surface area contributed by atoms with Crippen molar-refractivity contribution in [2.45, 2.75) is 32.4 Å². The van der Waals surface area contributed by atoms with E-state index < -0.39 is 0 Å². The zero-order chi connectivity index (χ0) is 16.8. The van der Waals surface area contributed by atoms with Crippen molar-refractivity contribution in [2.24, 2.45) is 0 Å². The Morgan fingerprint density at radius 2 is 1.88 bits per heavy atom. The van der Waals surface area contributed by atoms with Crippen molar-refractivity contribution in [2.75, 3.05) is 25.0 Å². The molecule has 3 nitrogen and oxygen atoms in total. The minimum Gasteiger partial charge on any atom is -0.356 e. The van der Waals surface area contributed by atoms with Gasteiger partial charge in [-0.2, -0.15) is 0 Å². The molecule has 3 rings (SSSR count). The number of likely N-dealkylation sites (tertiary alicyclic amines) is 1. The lowest BCUT2D eigenvalue weighted by Gasteiger charge is -2.37. The first-order chi connectivity index (χ1) is 11.8. The molecule has 0 N–H and O–H groups in total. The third kappa shape index (κ3) is 4.04. The maximum absolute atomic E-state index is 4.62. The van der Waals surface area contributed by atoms with Crippen LogP contribution in [0.3, 0.4) is 0 Å². The number of benzene rings is 1. The van der Waals surface area contributed by atoms with Crippen molar-refractivity contribution < 1.29 is 0 Å². The zero-order valence-electron chi connectivity index (χ0n) is 14.7. The van der Waals surface area contributed by atoms with Gasteiger partial charge in [0.1, 0.15) is 5.82 Å². The summed E-state index contributed by atoms with van der Waals surface area (Å²) in [5.41, 5.74) is 2.61. The third-order valence-electron chi connectivity index (χ3n) is 4.85. The molecule has 1 aromatic carbocycles. The van der Waals surface area contributed by atoms with Crippen LogP contribution in [0.1, 0.15) is 30.9 Å². The molecule has 3 heteroatoms. The Hall–Kier alpha value is -2.13. The van der Waals surface area contributed by atoms with Gasteiger partial charge in [0.15, 0.2) is 0 Å². The van der Waals surface area contributed by atoms with Crippen LogP contribution >= 0.6 is 0 Å². The highest BCUT2D eigenvalue weighted by Crippen LogP contribution is 2.25. The number of allylic oxidation sites excluding steroid dienone is 1. The summed E-state index contributed by atoms with van der Waals surface area (Å²) in [7, 11) is 2.19. The summed E-state index contributed by atoms with van der Waals surface area (Å²) < 4.78 is 0. The maximum atomic E-state index is 4.62. The first kappa shape index (κ1) is 16.7. The van der Waals surface area contributed by atoms with E-state index in [-0.39, 0.29) is 0 Å². The highest BCUT2D eigenvalue weighted by atomic mass is 15.2. The van der Waals surface area contributed by atoms with Crippen molar-refractivity contribution in [1.82, 2.24) is 9.88 Å². The van der Waals surface area contributed by atoms with Gasteiger partial charge in [0.2, 0.25) is 0 Å². The molecule has 1 aliphatic rings. The van der Waals surface area contributed by atoms with Crippen LogP contribution in [0, 0.1) is 0 Å². The molecule has 0 unspecified atom stereocenters. The van der Waals surface area contributed by atoms with E-state index in [9.17, 15) is 0 Å². The second kappa shape index (κ2) is 8.11. The van der Waals surface area contributed by atoms with Gasteiger partial charge in [0, 0.05) is 44.5 Å². The van der Waals surface area contributed by atoms with Gasteiger partial charge in [-0.1, -0.05) is 42.5 Å². The monoisotopic (exact) mass is 321 g/mol. The number of hydrogen-bond donors (Lipinski definition) is 0. The molecule has 1 aromatic heterocycles. The first-order valence-electron chi connectivity index (χ1n) is 8.84. The molecule has 0 saturated carbocycles. The molecule has 126 valence electrons. The molecule has 2 heterocycles. The van der Waals surface area contributed by atoms with Gasteiger partial charge in [-0.05, 0) is 37.5 Å². The van der Waals surface area contributed by atoms with Gasteiger partial charge in [-0.3, -0.25) is 4.90 Å². The van der Waals surface area contributed by atoms with Crippen molar-refractivity contribution in [3.8, 4) is 0 Å². The van der Waals surface area contributed by atoms with Gasteiger partial charge in [0.05, 0.1) is 0 Å². The number of nitrogens with zero attached hydrogens (tertiary/aromatic N) is 3. The normalized spacial score (nSPS) is 16.6. The molecule has 1 saturated heterocycles. The van der Waals surface area contributed by atoms with E-state index in [1.807, 2.05) is 12.3 Å². The third-order valence-corrected chi connectivity index (χ3v) is 4.85. The summed E-state index contributed by atoms with van der Waals surface area (Å²) in [6.45, 7) is 5.41. The Kier molecular flexibility index (Phi) is 5.65. The van der Waals surface area contributed by atoms with Gasteiger partial charge >= 0.3 is 0 Å². The summed E-state index contributed by atoms with van der Waals surface area (Å²) in [5, 5.41) is 0. The Labute approximate surface area is 145 Å². The summed E-state index contributed by atoms with van der Waals surface area (Å²) in [6, 6.07) is 15.5. The fraction of sp³-hybridized carbons (Fsp3) is 0.381. The van der Waals surface area contributed by atoms with E-state index >= 15 is 0 Å². The quantitative estimate of drug-likeness (QED) is 0.822. The number of anilines is 1. The lowest BCUT2D eigenvalue weighted by molar-refractivity contribution is 0.203. The molecular weight excluding hydrogens is 294 g/mol. The van der Waals surface area contributed by atoms with Crippen LogP contribution in [0.4, 0.5) is 5.82 Å². The molecular formula is C21H27N3. The SMILES string of the molecule is C/C=C/c1cccnc1N(C)C1CCN(Cc2ccccc2)CC1. The molecule has 2 aromatic rings. The van der Waals surface area contributed by atoms with Crippen molar-refractivity contribution in [3.05, 3.63) is 65.9 Å². The average Bonchev–Trinajstić information content (AvgIpc) is 2.63. The van der Waals surface area contributed by atoms with E-state index in [1.165, 1.54) is 24.0 Å². The van der Waals surface area contributed by atoms with Gasteiger partial charge in [-0.25, -0.2) is 4.98 Å². The van der Waals surface area contributed by atoms with Crippen LogP contribution in [-0.4, -0.2) is 36.1 Å². The van der Waals surface area contributed by atoms with Crippen LogP contribution < -0.4 is 4.90 Å². The topological polar surface area (TPSA) is 19.4 Å². The second-order valence-corrected chi connectivity index (χ2v) is 6.52. The van der Waals surface area contributed by atoms with E-state index in [0.717, 1.165) is 25.5 Å². The van der Waals surface area contributed by atoms with Crippen LogP contribution in [0.5, 0.6) is 0 Å². The molecule has 0 bridgehead atoms. The largest absolute Gasteiger partial charge is 0.356 e. The summed E-state index contributed by atoms with van der Waals surface area (Å²) in [6.07, 6.45) is 8.49. The van der Waals surface area contributed by atoms with Crippen molar-refractivity contribution in [1.29, 1.82) is 0 Å². The Balaban J connectivity index is 1.60. The van der Waals surface area contributed by atoms with E-state index in [1.54, 1.807) is 0 Å². The van der Waals surface area contributed by atoms with E-state index in [0.29, 0.717) is 6.04 Å². The smallest absolute Gasteiger partial charge is 0.135 e. The predicted molar refractivity (Wildman–Crippen MR) is 102 cm³/mol. The summed E-state index contributed by atoms with van der Waals surface area (Å²) >= 11 is 0.